The van der Waals surface area contributed by atoms with E-state index in [0.717, 1.165) is 6.07 Å². The van der Waals surface area contributed by atoms with Crippen LogP contribution in [-0.4, -0.2) is 36.8 Å². The summed E-state index contributed by atoms with van der Waals surface area (Å²) in [5.74, 6) is -0.342. The number of benzene rings is 1. The van der Waals surface area contributed by atoms with Gasteiger partial charge < -0.3 is 19.3 Å². The topological polar surface area (TPSA) is 115 Å². The summed E-state index contributed by atoms with van der Waals surface area (Å²) in [5, 5.41) is 28.5. The Morgan fingerprint density at radius 1 is 1.43 bits per heavy atom. The number of nitro groups is 1. The molecule has 1 atom stereocenters. The SMILES string of the molecule is CCOC(=N)C(O)c1cc(OC)c(OC)c([N+](=O)[O-])c1.Cl. The lowest BCUT2D eigenvalue weighted by molar-refractivity contribution is -0.385. The molecule has 1 rings (SSSR count). The van der Waals surface area contributed by atoms with Crippen molar-refractivity contribution < 1.29 is 24.2 Å². The normalized spacial score (nSPS) is 11.0. The van der Waals surface area contributed by atoms with Gasteiger partial charge in [-0.25, -0.2) is 0 Å². The van der Waals surface area contributed by atoms with Crippen molar-refractivity contribution in [1.29, 1.82) is 5.41 Å². The largest absolute Gasteiger partial charge is 0.493 e. The third kappa shape index (κ3) is 4.20. The summed E-state index contributed by atoms with van der Waals surface area (Å²) in [6.07, 6.45) is -1.41. The quantitative estimate of drug-likeness (QED) is 0.359. The first-order valence-corrected chi connectivity index (χ1v) is 5.75. The zero-order valence-corrected chi connectivity index (χ0v) is 12.6. The summed E-state index contributed by atoms with van der Waals surface area (Å²) in [7, 11) is 2.61. The number of nitrogens with zero attached hydrogens (tertiary/aromatic N) is 1. The number of hydrogen-bond acceptors (Lipinski definition) is 7. The van der Waals surface area contributed by atoms with Gasteiger partial charge in [0, 0.05) is 11.6 Å². The highest BCUT2D eigenvalue weighted by Crippen LogP contribution is 2.39. The molecule has 0 saturated carbocycles. The van der Waals surface area contributed by atoms with Crippen molar-refractivity contribution in [2.75, 3.05) is 20.8 Å². The minimum absolute atomic E-state index is 0. The lowest BCUT2D eigenvalue weighted by Crippen LogP contribution is -2.15. The molecular weight excluding hydrogens is 304 g/mol. The van der Waals surface area contributed by atoms with Gasteiger partial charge in [0.2, 0.25) is 11.6 Å². The minimum atomic E-state index is -1.41. The molecule has 0 saturated heterocycles. The van der Waals surface area contributed by atoms with E-state index in [1.165, 1.54) is 20.3 Å². The number of halogens is 1. The molecule has 2 N–H and O–H groups in total. The van der Waals surface area contributed by atoms with Crippen molar-refractivity contribution in [1.82, 2.24) is 0 Å². The van der Waals surface area contributed by atoms with Crippen molar-refractivity contribution in [3.8, 4) is 11.5 Å². The second-order valence-corrected chi connectivity index (χ2v) is 3.73. The van der Waals surface area contributed by atoms with Gasteiger partial charge in [0.25, 0.3) is 0 Å². The number of rotatable bonds is 6. The standard InChI is InChI=1S/C12H16N2O6.ClH/c1-4-20-12(13)10(15)7-5-8(14(16)17)11(19-3)9(6-7)18-2;/h5-6,10,13,15H,4H2,1-3H3;1H. The average Bonchev–Trinajstić information content (AvgIpc) is 2.44. The first-order chi connectivity index (χ1) is 9.46. The Morgan fingerprint density at radius 2 is 2.05 bits per heavy atom. The predicted molar refractivity (Wildman–Crippen MR) is 77.8 cm³/mol. The molecule has 118 valence electrons. The molecule has 0 radical (unpaired) electrons. The van der Waals surface area contributed by atoms with Crippen LogP contribution in [0.1, 0.15) is 18.6 Å². The summed E-state index contributed by atoms with van der Waals surface area (Å²) in [4.78, 5) is 10.4. The third-order valence-corrected chi connectivity index (χ3v) is 2.54. The Balaban J connectivity index is 0.00000400. The number of methoxy groups -OCH3 is 2. The molecular formula is C12H17ClN2O6. The van der Waals surface area contributed by atoms with E-state index in [-0.39, 0.29) is 41.8 Å². The fourth-order valence-electron chi connectivity index (χ4n) is 1.64. The molecule has 0 aliphatic rings. The lowest BCUT2D eigenvalue weighted by Gasteiger charge is -2.15. The maximum atomic E-state index is 11.0. The third-order valence-electron chi connectivity index (χ3n) is 2.54. The molecule has 8 nitrogen and oxygen atoms in total. The smallest absolute Gasteiger partial charge is 0.315 e. The Bertz CT molecular complexity index is 523. The highest BCUT2D eigenvalue weighted by Gasteiger charge is 2.25. The zero-order valence-electron chi connectivity index (χ0n) is 11.8. The second-order valence-electron chi connectivity index (χ2n) is 3.73. The number of hydrogen-bond donors (Lipinski definition) is 2. The second kappa shape index (κ2) is 8.28. The van der Waals surface area contributed by atoms with Gasteiger partial charge in [-0.1, -0.05) is 0 Å². The maximum absolute atomic E-state index is 11.0. The van der Waals surface area contributed by atoms with Crippen LogP contribution < -0.4 is 9.47 Å². The van der Waals surface area contributed by atoms with Crippen molar-refractivity contribution >= 4 is 24.0 Å². The molecule has 0 aliphatic heterocycles. The van der Waals surface area contributed by atoms with Gasteiger partial charge in [0.05, 0.1) is 25.7 Å². The van der Waals surface area contributed by atoms with Crippen LogP contribution in [-0.2, 0) is 4.74 Å². The van der Waals surface area contributed by atoms with Crippen LogP contribution in [0.5, 0.6) is 11.5 Å². The first kappa shape index (κ1) is 18.9. The van der Waals surface area contributed by atoms with Gasteiger partial charge in [-0.15, -0.1) is 12.4 Å². The molecule has 0 spiro atoms. The fourth-order valence-corrected chi connectivity index (χ4v) is 1.64. The molecule has 0 aliphatic carbocycles. The van der Waals surface area contributed by atoms with E-state index < -0.39 is 16.9 Å². The zero-order chi connectivity index (χ0) is 15.3. The highest BCUT2D eigenvalue weighted by molar-refractivity contribution is 5.85. The predicted octanol–water partition coefficient (Wildman–Crippen LogP) is 2.08. The van der Waals surface area contributed by atoms with Crippen LogP contribution in [0.4, 0.5) is 5.69 Å². The summed E-state index contributed by atoms with van der Waals surface area (Å²) in [6.45, 7) is 1.88. The van der Waals surface area contributed by atoms with E-state index in [2.05, 4.69) is 0 Å². The van der Waals surface area contributed by atoms with Crippen LogP contribution in [0.15, 0.2) is 12.1 Å². The minimum Gasteiger partial charge on any atom is -0.493 e. The van der Waals surface area contributed by atoms with Gasteiger partial charge in [0.1, 0.15) is 0 Å². The molecule has 1 aromatic carbocycles. The van der Waals surface area contributed by atoms with Gasteiger partial charge in [0.15, 0.2) is 11.9 Å². The molecule has 0 heterocycles. The van der Waals surface area contributed by atoms with E-state index in [4.69, 9.17) is 19.6 Å². The van der Waals surface area contributed by atoms with Crippen molar-refractivity contribution in [2.24, 2.45) is 0 Å². The van der Waals surface area contributed by atoms with Crippen LogP contribution in [0.2, 0.25) is 0 Å². The van der Waals surface area contributed by atoms with Gasteiger partial charge in [-0.2, -0.15) is 0 Å². The van der Waals surface area contributed by atoms with Crippen molar-refractivity contribution in [2.45, 2.75) is 13.0 Å². The number of nitrogens with one attached hydrogen (secondary N) is 1. The summed E-state index contributed by atoms with van der Waals surface area (Å²) in [5.41, 5.74) is -0.238. The van der Waals surface area contributed by atoms with E-state index in [0.29, 0.717) is 0 Å². The fraction of sp³-hybridized carbons (Fsp3) is 0.417. The lowest BCUT2D eigenvalue weighted by atomic mass is 10.1. The highest BCUT2D eigenvalue weighted by atomic mass is 35.5. The number of aliphatic hydroxyl groups excluding tert-OH is 1. The number of aliphatic hydroxyl groups is 1. The molecule has 0 aromatic heterocycles. The maximum Gasteiger partial charge on any atom is 0.315 e. The Hall–Kier alpha value is -2.06. The summed E-state index contributed by atoms with van der Waals surface area (Å²) in [6, 6.07) is 2.49. The monoisotopic (exact) mass is 320 g/mol. The Labute approximate surface area is 127 Å². The molecule has 0 amide bonds. The van der Waals surface area contributed by atoms with E-state index in [1.807, 2.05) is 0 Å². The molecule has 1 aromatic rings. The number of ether oxygens (including phenoxy) is 3. The van der Waals surface area contributed by atoms with Gasteiger partial charge in [-0.3, -0.25) is 15.5 Å². The first-order valence-electron chi connectivity index (χ1n) is 5.75. The Morgan fingerprint density at radius 3 is 2.48 bits per heavy atom. The van der Waals surface area contributed by atoms with Gasteiger partial charge in [-0.05, 0) is 13.0 Å². The molecule has 0 bridgehead atoms. The summed E-state index contributed by atoms with van der Waals surface area (Å²) < 4.78 is 14.8. The molecule has 9 heteroatoms. The molecule has 1 unspecified atom stereocenters. The molecule has 0 fully saturated rings. The number of nitro benzene ring substituents is 1. The average molecular weight is 321 g/mol. The van der Waals surface area contributed by atoms with Crippen molar-refractivity contribution in [3.05, 3.63) is 27.8 Å². The van der Waals surface area contributed by atoms with Gasteiger partial charge >= 0.3 is 5.69 Å². The van der Waals surface area contributed by atoms with Crippen LogP contribution >= 0.6 is 12.4 Å². The summed E-state index contributed by atoms with van der Waals surface area (Å²) >= 11 is 0. The molecule has 21 heavy (non-hydrogen) atoms. The van der Waals surface area contributed by atoms with Crippen molar-refractivity contribution in [3.63, 3.8) is 0 Å². The van der Waals surface area contributed by atoms with Crippen LogP contribution in [0.3, 0.4) is 0 Å². The van der Waals surface area contributed by atoms with Crippen LogP contribution in [0.25, 0.3) is 0 Å². The van der Waals surface area contributed by atoms with E-state index in [9.17, 15) is 15.2 Å². The van der Waals surface area contributed by atoms with Crippen LogP contribution in [0, 0.1) is 15.5 Å². The Kier molecular flexibility index (Phi) is 7.46. The van der Waals surface area contributed by atoms with E-state index in [1.54, 1.807) is 6.92 Å². The van der Waals surface area contributed by atoms with E-state index >= 15 is 0 Å².